The van der Waals surface area contributed by atoms with E-state index < -0.39 is 0 Å². The average molecular weight is 338 g/mol. The molecule has 2 heterocycles. The highest BCUT2D eigenvalue weighted by molar-refractivity contribution is 5.79. The number of benzene rings is 1. The molecule has 6 nitrogen and oxygen atoms in total. The molecule has 0 unspecified atom stereocenters. The molecule has 0 spiro atoms. The number of nitrogens with one attached hydrogen (secondary N) is 2. The van der Waals surface area contributed by atoms with E-state index in [1.54, 1.807) is 6.20 Å². The van der Waals surface area contributed by atoms with Crippen LogP contribution in [0.3, 0.4) is 0 Å². The molecule has 3 aromatic rings. The maximum absolute atomic E-state index is 12.4. The molecule has 2 N–H and O–H groups in total. The van der Waals surface area contributed by atoms with Crippen LogP contribution in [-0.2, 0) is 11.2 Å². The number of carbonyl (C=O) groups excluding carboxylic acids is 1. The van der Waals surface area contributed by atoms with Crippen molar-refractivity contribution in [3.8, 4) is 11.3 Å². The number of aromatic amines is 1. The van der Waals surface area contributed by atoms with E-state index in [-0.39, 0.29) is 18.4 Å². The van der Waals surface area contributed by atoms with Crippen molar-refractivity contribution < 1.29 is 9.32 Å². The summed E-state index contributed by atoms with van der Waals surface area (Å²) in [5, 5.41) is 6.93. The number of carbonyl (C=O) groups is 1. The van der Waals surface area contributed by atoms with E-state index in [4.69, 9.17) is 4.52 Å². The van der Waals surface area contributed by atoms with Gasteiger partial charge < -0.3 is 14.8 Å². The van der Waals surface area contributed by atoms with Crippen molar-refractivity contribution in [3.63, 3.8) is 0 Å². The zero-order valence-corrected chi connectivity index (χ0v) is 14.7. The minimum Gasteiger partial charge on any atom is -0.361 e. The van der Waals surface area contributed by atoms with Crippen LogP contribution in [0, 0.1) is 13.8 Å². The Morgan fingerprint density at radius 1 is 1.28 bits per heavy atom. The summed E-state index contributed by atoms with van der Waals surface area (Å²) in [5.74, 6) is 1.37. The minimum absolute atomic E-state index is 0.0705. The Morgan fingerprint density at radius 2 is 2.04 bits per heavy atom. The Hall–Kier alpha value is -2.89. The van der Waals surface area contributed by atoms with Gasteiger partial charge in [-0.05, 0) is 25.8 Å². The Kier molecular flexibility index (Phi) is 4.97. The normalized spacial score (nSPS) is 12.1. The third kappa shape index (κ3) is 3.79. The molecule has 6 heteroatoms. The number of amides is 1. The summed E-state index contributed by atoms with van der Waals surface area (Å²) in [5.41, 5.74) is 3.61. The number of hydrogen-bond acceptors (Lipinski definition) is 4. The molecule has 130 valence electrons. The molecule has 1 atom stereocenters. The molecule has 1 amide bonds. The summed E-state index contributed by atoms with van der Waals surface area (Å²) in [6, 6.07) is 9.83. The predicted octanol–water partition coefficient (Wildman–Crippen LogP) is 3.49. The van der Waals surface area contributed by atoms with Crippen molar-refractivity contribution in [2.45, 2.75) is 39.7 Å². The van der Waals surface area contributed by atoms with Gasteiger partial charge in [-0.25, -0.2) is 4.98 Å². The summed E-state index contributed by atoms with van der Waals surface area (Å²) in [7, 11) is 0. The number of H-pyrrole nitrogens is 1. The summed E-state index contributed by atoms with van der Waals surface area (Å²) < 4.78 is 5.12. The van der Waals surface area contributed by atoms with Gasteiger partial charge >= 0.3 is 0 Å². The summed E-state index contributed by atoms with van der Waals surface area (Å²) in [6.45, 7) is 5.68. The van der Waals surface area contributed by atoms with Gasteiger partial charge in [-0.1, -0.05) is 42.4 Å². The number of aryl methyl sites for hydroxylation is 2. The van der Waals surface area contributed by atoms with Crippen LogP contribution in [0.1, 0.15) is 42.2 Å². The van der Waals surface area contributed by atoms with E-state index in [9.17, 15) is 4.79 Å². The number of hydrogen-bond donors (Lipinski definition) is 2. The Bertz CT molecular complexity index is 832. The van der Waals surface area contributed by atoms with Crippen LogP contribution in [-0.4, -0.2) is 21.0 Å². The first-order chi connectivity index (χ1) is 12.1. The highest BCUT2D eigenvalue weighted by Gasteiger charge is 2.19. The molecule has 0 aliphatic heterocycles. The van der Waals surface area contributed by atoms with Gasteiger partial charge in [0.2, 0.25) is 5.91 Å². The molecule has 0 fully saturated rings. The molecule has 0 aliphatic rings. The third-order valence-electron chi connectivity index (χ3n) is 4.27. The maximum atomic E-state index is 12.4. The van der Waals surface area contributed by atoms with Gasteiger partial charge in [0, 0.05) is 5.56 Å². The van der Waals surface area contributed by atoms with Crippen LogP contribution in [0.2, 0.25) is 0 Å². The largest absolute Gasteiger partial charge is 0.361 e. The van der Waals surface area contributed by atoms with Crippen molar-refractivity contribution >= 4 is 5.91 Å². The average Bonchev–Trinajstić information content (AvgIpc) is 3.23. The Labute approximate surface area is 146 Å². The minimum atomic E-state index is -0.162. The standard InChI is InChI=1S/C19H22N4O2/c1-4-16(21-18(24)10-15-12(2)23-25-13(15)3)19-20-11-17(22-19)14-8-6-5-7-9-14/h5-9,11,16H,4,10H2,1-3H3,(H,20,22)(H,21,24)/t16-/m1/s1. The fourth-order valence-electron chi connectivity index (χ4n) is 2.80. The highest BCUT2D eigenvalue weighted by atomic mass is 16.5. The molecule has 1 aromatic carbocycles. The molecule has 25 heavy (non-hydrogen) atoms. The number of rotatable bonds is 6. The van der Waals surface area contributed by atoms with Crippen molar-refractivity contribution in [3.05, 3.63) is 59.4 Å². The molecule has 0 saturated carbocycles. The van der Waals surface area contributed by atoms with Gasteiger partial charge in [0.15, 0.2) is 0 Å². The predicted molar refractivity (Wildman–Crippen MR) is 94.9 cm³/mol. The third-order valence-corrected chi connectivity index (χ3v) is 4.27. The summed E-state index contributed by atoms with van der Waals surface area (Å²) in [6.07, 6.45) is 2.80. The quantitative estimate of drug-likeness (QED) is 0.720. The lowest BCUT2D eigenvalue weighted by Gasteiger charge is -2.14. The SMILES string of the molecule is CC[C@@H](NC(=O)Cc1c(C)noc1C)c1ncc(-c2ccccc2)[nH]1. The Balaban J connectivity index is 1.70. The molecule has 0 saturated heterocycles. The van der Waals surface area contributed by atoms with Gasteiger partial charge in [0.1, 0.15) is 11.6 Å². The first-order valence-corrected chi connectivity index (χ1v) is 8.40. The zero-order chi connectivity index (χ0) is 17.8. The first-order valence-electron chi connectivity index (χ1n) is 8.40. The second-order valence-corrected chi connectivity index (χ2v) is 6.06. The summed E-state index contributed by atoms with van der Waals surface area (Å²) in [4.78, 5) is 20.2. The lowest BCUT2D eigenvalue weighted by Crippen LogP contribution is -2.30. The monoisotopic (exact) mass is 338 g/mol. The second kappa shape index (κ2) is 7.34. The number of nitrogens with zero attached hydrogens (tertiary/aromatic N) is 2. The van der Waals surface area contributed by atoms with Gasteiger partial charge in [-0.2, -0.15) is 0 Å². The smallest absolute Gasteiger partial charge is 0.225 e. The van der Waals surface area contributed by atoms with Crippen LogP contribution in [0.15, 0.2) is 41.1 Å². The molecule has 0 bridgehead atoms. The van der Waals surface area contributed by atoms with Gasteiger partial charge in [0.05, 0.1) is 30.0 Å². The molecule has 0 radical (unpaired) electrons. The van der Waals surface area contributed by atoms with Gasteiger partial charge in [0.25, 0.3) is 0 Å². The lowest BCUT2D eigenvalue weighted by atomic mass is 10.1. The van der Waals surface area contributed by atoms with Crippen LogP contribution in [0.5, 0.6) is 0 Å². The van der Waals surface area contributed by atoms with Gasteiger partial charge in [-0.15, -0.1) is 0 Å². The van der Waals surface area contributed by atoms with E-state index in [0.29, 0.717) is 5.76 Å². The molecule has 3 rings (SSSR count). The molecular weight excluding hydrogens is 316 g/mol. The van der Waals surface area contributed by atoms with E-state index in [1.807, 2.05) is 51.1 Å². The van der Waals surface area contributed by atoms with Crippen molar-refractivity contribution in [2.24, 2.45) is 0 Å². The molecule has 0 aliphatic carbocycles. The van der Waals surface area contributed by atoms with Crippen LogP contribution >= 0.6 is 0 Å². The number of imidazole rings is 1. The summed E-state index contributed by atoms with van der Waals surface area (Å²) >= 11 is 0. The topological polar surface area (TPSA) is 83.8 Å². The highest BCUT2D eigenvalue weighted by Crippen LogP contribution is 2.21. The second-order valence-electron chi connectivity index (χ2n) is 6.06. The van der Waals surface area contributed by atoms with Crippen LogP contribution < -0.4 is 5.32 Å². The number of aromatic nitrogens is 3. The van der Waals surface area contributed by atoms with E-state index >= 15 is 0 Å². The van der Waals surface area contributed by atoms with Crippen molar-refractivity contribution in [1.29, 1.82) is 0 Å². The van der Waals surface area contributed by atoms with Crippen molar-refractivity contribution in [1.82, 2.24) is 20.4 Å². The zero-order valence-electron chi connectivity index (χ0n) is 14.7. The molecular formula is C19H22N4O2. The van der Waals surface area contributed by atoms with E-state index in [0.717, 1.165) is 34.8 Å². The lowest BCUT2D eigenvalue weighted by molar-refractivity contribution is -0.121. The van der Waals surface area contributed by atoms with E-state index in [2.05, 4.69) is 20.4 Å². The first kappa shape index (κ1) is 17.0. The Morgan fingerprint density at radius 3 is 2.68 bits per heavy atom. The fraction of sp³-hybridized carbons (Fsp3) is 0.316. The van der Waals surface area contributed by atoms with Crippen LogP contribution in [0.4, 0.5) is 0 Å². The molecule has 2 aromatic heterocycles. The van der Waals surface area contributed by atoms with Gasteiger partial charge in [-0.3, -0.25) is 4.79 Å². The maximum Gasteiger partial charge on any atom is 0.225 e. The van der Waals surface area contributed by atoms with Crippen LogP contribution in [0.25, 0.3) is 11.3 Å². The van der Waals surface area contributed by atoms with E-state index in [1.165, 1.54) is 0 Å². The van der Waals surface area contributed by atoms with Crippen molar-refractivity contribution in [2.75, 3.05) is 0 Å². The fourth-order valence-corrected chi connectivity index (χ4v) is 2.80.